The molecule has 0 aliphatic carbocycles. The van der Waals surface area contributed by atoms with Crippen molar-refractivity contribution in [2.75, 3.05) is 11.5 Å². The third-order valence-electron chi connectivity index (χ3n) is 3.60. The highest BCUT2D eigenvalue weighted by Crippen LogP contribution is 2.13. The molecule has 20 heavy (non-hydrogen) atoms. The zero-order chi connectivity index (χ0) is 14.9. The lowest BCUT2D eigenvalue weighted by Crippen LogP contribution is -1.96. The highest BCUT2D eigenvalue weighted by Gasteiger charge is 1.97. The van der Waals surface area contributed by atoms with Gasteiger partial charge >= 0.3 is 5.97 Å². The minimum absolute atomic E-state index is 0.308. The molecule has 0 spiro atoms. The van der Waals surface area contributed by atoms with Crippen LogP contribution in [-0.4, -0.2) is 22.6 Å². The molecule has 0 saturated heterocycles. The largest absolute Gasteiger partial charge is 0.481 e. The van der Waals surface area contributed by atoms with Crippen molar-refractivity contribution in [3.8, 4) is 0 Å². The van der Waals surface area contributed by atoms with Crippen LogP contribution in [0.2, 0.25) is 0 Å². The molecule has 0 aliphatic heterocycles. The molecule has 3 heteroatoms. The predicted octanol–water partition coefficient (Wildman–Crippen LogP) is 5.90. The van der Waals surface area contributed by atoms with Gasteiger partial charge in [-0.25, -0.2) is 0 Å². The Bertz CT molecular complexity index is 207. The second kappa shape index (κ2) is 16.9. The van der Waals surface area contributed by atoms with Crippen LogP contribution in [0.5, 0.6) is 0 Å². The second-order valence-electron chi connectivity index (χ2n) is 5.65. The first-order valence-corrected chi connectivity index (χ1v) is 9.72. The number of hydrogen-bond acceptors (Lipinski definition) is 2. The summed E-state index contributed by atoms with van der Waals surface area (Å²) >= 11 is 1.78. The molecule has 0 aromatic rings. The number of rotatable bonds is 16. The van der Waals surface area contributed by atoms with Crippen molar-refractivity contribution in [1.82, 2.24) is 0 Å². The van der Waals surface area contributed by atoms with Gasteiger partial charge in [0.15, 0.2) is 0 Å². The summed E-state index contributed by atoms with van der Waals surface area (Å²) in [5, 5.41) is 8.50. The summed E-state index contributed by atoms with van der Waals surface area (Å²) in [6, 6.07) is 0. The van der Waals surface area contributed by atoms with Gasteiger partial charge in [0.2, 0.25) is 0 Å². The van der Waals surface area contributed by atoms with E-state index in [1.807, 2.05) is 0 Å². The summed E-state index contributed by atoms with van der Waals surface area (Å²) in [6.07, 6.45) is 16.9. The average molecular weight is 303 g/mol. The van der Waals surface area contributed by atoms with E-state index in [-0.39, 0.29) is 0 Å². The number of carbonyl (C=O) groups is 1. The van der Waals surface area contributed by atoms with E-state index >= 15 is 0 Å². The molecule has 0 bridgehead atoms. The first-order chi connectivity index (χ1) is 9.77. The zero-order valence-electron chi connectivity index (χ0n) is 13.4. The lowest BCUT2D eigenvalue weighted by atomic mass is 10.1. The summed E-state index contributed by atoms with van der Waals surface area (Å²) in [7, 11) is 0. The maximum absolute atomic E-state index is 10.3. The van der Waals surface area contributed by atoms with Gasteiger partial charge in [0.05, 0.1) is 6.42 Å². The van der Waals surface area contributed by atoms with E-state index in [1.54, 1.807) is 11.8 Å². The Morgan fingerprint density at radius 2 is 1.20 bits per heavy atom. The van der Waals surface area contributed by atoms with Crippen LogP contribution in [0, 0.1) is 0 Å². The standard InChI is InChI=1S/C17H34O2S/c1-2-3-4-5-6-7-8-9-10-11-12-13-15-20-16-14-17(18)19/h2-16H2,1H3,(H,18,19). The monoisotopic (exact) mass is 302 g/mol. The minimum atomic E-state index is -0.674. The number of carboxylic acids is 1. The van der Waals surface area contributed by atoms with Gasteiger partial charge in [-0.05, 0) is 12.2 Å². The molecule has 0 heterocycles. The number of carboxylic acid groups (broad SMARTS) is 1. The Morgan fingerprint density at radius 3 is 1.65 bits per heavy atom. The van der Waals surface area contributed by atoms with Crippen LogP contribution in [0.1, 0.15) is 90.4 Å². The minimum Gasteiger partial charge on any atom is -0.481 e. The molecule has 0 saturated carbocycles. The van der Waals surface area contributed by atoms with E-state index in [0.717, 1.165) is 11.5 Å². The number of hydrogen-bond donors (Lipinski definition) is 1. The normalized spacial score (nSPS) is 10.8. The molecular formula is C17H34O2S. The Labute approximate surface area is 130 Å². The SMILES string of the molecule is CCCCCCCCCCCCCCSCCC(=O)O. The topological polar surface area (TPSA) is 37.3 Å². The third-order valence-corrected chi connectivity index (χ3v) is 4.67. The summed E-state index contributed by atoms with van der Waals surface area (Å²) in [5.74, 6) is 1.23. The van der Waals surface area contributed by atoms with Gasteiger partial charge < -0.3 is 5.11 Å². The predicted molar refractivity (Wildman–Crippen MR) is 90.7 cm³/mol. The van der Waals surface area contributed by atoms with Gasteiger partial charge in [-0.15, -0.1) is 0 Å². The first-order valence-electron chi connectivity index (χ1n) is 8.57. The molecule has 0 fully saturated rings. The molecule has 0 atom stereocenters. The third kappa shape index (κ3) is 17.8. The number of aliphatic carboxylic acids is 1. The Morgan fingerprint density at radius 1 is 0.750 bits per heavy atom. The van der Waals surface area contributed by atoms with Crippen molar-refractivity contribution in [3.05, 3.63) is 0 Å². The second-order valence-corrected chi connectivity index (χ2v) is 6.87. The van der Waals surface area contributed by atoms with Gasteiger partial charge in [-0.3, -0.25) is 4.79 Å². The zero-order valence-corrected chi connectivity index (χ0v) is 14.2. The fourth-order valence-corrected chi connectivity index (χ4v) is 3.24. The summed E-state index contributed by atoms with van der Waals surface area (Å²) in [4.78, 5) is 10.3. The van der Waals surface area contributed by atoms with Crippen molar-refractivity contribution >= 4 is 17.7 Å². The average Bonchev–Trinajstić information content (AvgIpc) is 2.43. The van der Waals surface area contributed by atoms with E-state index in [4.69, 9.17) is 5.11 Å². The smallest absolute Gasteiger partial charge is 0.304 e. The summed E-state index contributed by atoms with van der Waals surface area (Å²) < 4.78 is 0. The fourth-order valence-electron chi connectivity index (χ4n) is 2.31. The maximum atomic E-state index is 10.3. The fraction of sp³-hybridized carbons (Fsp3) is 0.941. The molecule has 1 N–H and O–H groups in total. The molecule has 0 aromatic carbocycles. The van der Waals surface area contributed by atoms with Crippen LogP contribution >= 0.6 is 11.8 Å². The van der Waals surface area contributed by atoms with Crippen LogP contribution < -0.4 is 0 Å². The Balaban J connectivity index is 2.94. The Hall–Kier alpha value is -0.180. The lowest BCUT2D eigenvalue weighted by Gasteiger charge is -2.03. The first kappa shape index (κ1) is 19.8. The van der Waals surface area contributed by atoms with E-state index in [2.05, 4.69) is 6.92 Å². The molecule has 2 nitrogen and oxygen atoms in total. The van der Waals surface area contributed by atoms with E-state index in [1.165, 1.54) is 77.0 Å². The molecule has 0 amide bonds. The molecule has 0 aliphatic rings. The quantitative estimate of drug-likeness (QED) is 0.361. The van der Waals surface area contributed by atoms with Crippen molar-refractivity contribution in [3.63, 3.8) is 0 Å². The molecule has 0 unspecified atom stereocenters. The number of unbranched alkanes of at least 4 members (excludes halogenated alkanes) is 11. The van der Waals surface area contributed by atoms with Gasteiger partial charge in [0.1, 0.15) is 0 Å². The van der Waals surface area contributed by atoms with Crippen molar-refractivity contribution in [2.45, 2.75) is 90.4 Å². The van der Waals surface area contributed by atoms with Gasteiger partial charge in [0, 0.05) is 5.75 Å². The molecule has 120 valence electrons. The van der Waals surface area contributed by atoms with Gasteiger partial charge in [0.25, 0.3) is 0 Å². The van der Waals surface area contributed by atoms with E-state index < -0.39 is 5.97 Å². The molecule has 0 radical (unpaired) electrons. The van der Waals surface area contributed by atoms with Crippen LogP contribution in [0.3, 0.4) is 0 Å². The van der Waals surface area contributed by atoms with E-state index in [0.29, 0.717) is 6.42 Å². The molecule has 0 aromatic heterocycles. The lowest BCUT2D eigenvalue weighted by molar-refractivity contribution is -0.136. The molecular weight excluding hydrogens is 268 g/mol. The van der Waals surface area contributed by atoms with Crippen LogP contribution in [-0.2, 0) is 4.79 Å². The van der Waals surface area contributed by atoms with Gasteiger partial charge in [-0.1, -0.05) is 77.6 Å². The maximum Gasteiger partial charge on any atom is 0.304 e. The van der Waals surface area contributed by atoms with Crippen molar-refractivity contribution < 1.29 is 9.90 Å². The van der Waals surface area contributed by atoms with Crippen molar-refractivity contribution in [1.29, 1.82) is 0 Å². The summed E-state index contributed by atoms with van der Waals surface area (Å²) in [5.41, 5.74) is 0. The van der Waals surface area contributed by atoms with Crippen LogP contribution in [0.25, 0.3) is 0 Å². The molecule has 0 rings (SSSR count). The highest BCUT2D eigenvalue weighted by atomic mass is 32.2. The summed E-state index contributed by atoms with van der Waals surface area (Å²) in [6.45, 7) is 2.27. The number of thioether (sulfide) groups is 1. The van der Waals surface area contributed by atoms with Gasteiger partial charge in [-0.2, -0.15) is 11.8 Å². The van der Waals surface area contributed by atoms with Crippen LogP contribution in [0.15, 0.2) is 0 Å². The Kier molecular flexibility index (Phi) is 16.7. The van der Waals surface area contributed by atoms with Crippen LogP contribution in [0.4, 0.5) is 0 Å². The van der Waals surface area contributed by atoms with Crippen molar-refractivity contribution in [2.24, 2.45) is 0 Å². The highest BCUT2D eigenvalue weighted by molar-refractivity contribution is 7.99. The van der Waals surface area contributed by atoms with E-state index in [9.17, 15) is 4.79 Å².